The summed E-state index contributed by atoms with van der Waals surface area (Å²) >= 11 is 0. The lowest BCUT2D eigenvalue weighted by atomic mass is 10.00. The third kappa shape index (κ3) is 2.82. The Bertz CT molecular complexity index is 1830. The molecule has 2 heteroatoms. The summed E-state index contributed by atoms with van der Waals surface area (Å²) in [5.74, 6) is 0. The van der Waals surface area contributed by atoms with Crippen LogP contribution in [0, 0.1) is 0 Å². The van der Waals surface area contributed by atoms with E-state index in [2.05, 4.69) is 126 Å². The Morgan fingerprint density at radius 2 is 1.21 bits per heavy atom. The highest BCUT2D eigenvalue weighted by Gasteiger charge is 2.13. The number of nitrogens with zero attached hydrogens (tertiary/aromatic N) is 1. The molecular formula is C32H24N2. The molecule has 0 amide bonds. The molecule has 2 nitrogen and oxygen atoms in total. The standard InChI is InChI=1S/C32H24N2/c1-2-21-12-15-29-26(18-21)27-19-22(13-16-30(27)33-29)23-14-17-32-28(20-23)25-10-6-7-11-31(25)34(32)24-8-4-3-5-9-24/h3-20,33H,2H2,1H3. The van der Waals surface area contributed by atoms with Crippen molar-refractivity contribution in [2.75, 3.05) is 0 Å². The number of fused-ring (bicyclic) bond motifs is 6. The van der Waals surface area contributed by atoms with Crippen LogP contribution in [0.4, 0.5) is 0 Å². The van der Waals surface area contributed by atoms with Crippen LogP contribution in [0.2, 0.25) is 0 Å². The molecule has 0 aliphatic carbocycles. The molecule has 162 valence electrons. The number of hydrogen-bond donors (Lipinski definition) is 1. The molecule has 7 aromatic rings. The lowest BCUT2D eigenvalue weighted by Crippen LogP contribution is -1.92. The summed E-state index contributed by atoms with van der Waals surface area (Å²) in [7, 11) is 0. The topological polar surface area (TPSA) is 20.7 Å². The minimum atomic E-state index is 1.05. The van der Waals surface area contributed by atoms with Crippen LogP contribution in [0.1, 0.15) is 12.5 Å². The van der Waals surface area contributed by atoms with E-state index < -0.39 is 0 Å². The Kier molecular flexibility index (Phi) is 4.16. The number of aromatic amines is 1. The molecule has 0 bridgehead atoms. The molecule has 2 aromatic heterocycles. The fourth-order valence-corrected chi connectivity index (χ4v) is 5.35. The highest BCUT2D eigenvalue weighted by molar-refractivity contribution is 6.11. The SMILES string of the molecule is CCc1ccc2[nH]c3ccc(-c4ccc5c(c4)c4ccccc4n5-c4ccccc4)cc3c2c1. The molecule has 0 saturated heterocycles. The van der Waals surface area contributed by atoms with Crippen LogP contribution in [0.15, 0.2) is 109 Å². The largest absolute Gasteiger partial charge is 0.355 e. The lowest BCUT2D eigenvalue weighted by molar-refractivity contribution is 1.15. The van der Waals surface area contributed by atoms with E-state index >= 15 is 0 Å². The second-order valence-electron chi connectivity index (χ2n) is 9.04. The summed E-state index contributed by atoms with van der Waals surface area (Å²) in [6, 6.07) is 39.7. The molecule has 1 N–H and O–H groups in total. The van der Waals surface area contributed by atoms with Gasteiger partial charge in [0.05, 0.1) is 11.0 Å². The maximum atomic E-state index is 3.58. The van der Waals surface area contributed by atoms with Crippen molar-refractivity contribution in [3.8, 4) is 16.8 Å². The van der Waals surface area contributed by atoms with E-state index in [9.17, 15) is 0 Å². The van der Waals surface area contributed by atoms with Gasteiger partial charge in [0.15, 0.2) is 0 Å². The van der Waals surface area contributed by atoms with Gasteiger partial charge in [-0.2, -0.15) is 0 Å². The molecular weight excluding hydrogens is 412 g/mol. The fourth-order valence-electron chi connectivity index (χ4n) is 5.35. The summed E-state index contributed by atoms with van der Waals surface area (Å²) in [5, 5.41) is 5.15. The van der Waals surface area contributed by atoms with Gasteiger partial charge in [0, 0.05) is 38.3 Å². The van der Waals surface area contributed by atoms with Crippen molar-refractivity contribution < 1.29 is 0 Å². The van der Waals surface area contributed by atoms with Gasteiger partial charge in [-0.1, -0.05) is 61.5 Å². The van der Waals surface area contributed by atoms with Gasteiger partial charge in [-0.05, 0) is 77.7 Å². The molecule has 2 heterocycles. The quantitative estimate of drug-likeness (QED) is 0.286. The van der Waals surface area contributed by atoms with Gasteiger partial charge in [-0.15, -0.1) is 0 Å². The molecule has 0 atom stereocenters. The summed E-state index contributed by atoms with van der Waals surface area (Å²) in [6.07, 6.45) is 1.05. The number of aryl methyl sites for hydroxylation is 1. The highest BCUT2D eigenvalue weighted by atomic mass is 15.0. The minimum Gasteiger partial charge on any atom is -0.355 e. The zero-order valence-electron chi connectivity index (χ0n) is 19.0. The second-order valence-corrected chi connectivity index (χ2v) is 9.04. The molecule has 0 aliphatic rings. The summed E-state index contributed by atoms with van der Waals surface area (Å²) in [6.45, 7) is 2.21. The lowest BCUT2D eigenvalue weighted by Gasteiger charge is -2.08. The van der Waals surface area contributed by atoms with Crippen LogP contribution in [-0.2, 0) is 6.42 Å². The number of para-hydroxylation sites is 2. The highest BCUT2D eigenvalue weighted by Crippen LogP contribution is 2.36. The van der Waals surface area contributed by atoms with Crippen LogP contribution in [-0.4, -0.2) is 9.55 Å². The van der Waals surface area contributed by atoms with Crippen molar-refractivity contribution in [2.45, 2.75) is 13.3 Å². The molecule has 5 aromatic carbocycles. The van der Waals surface area contributed by atoms with Crippen molar-refractivity contribution >= 4 is 43.6 Å². The van der Waals surface area contributed by atoms with Crippen LogP contribution in [0.5, 0.6) is 0 Å². The minimum absolute atomic E-state index is 1.05. The third-order valence-corrected chi connectivity index (χ3v) is 7.09. The molecule has 7 rings (SSSR count). The van der Waals surface area contributed by atoms with E-state index in [-0.39, 0.29) is 0 Å². The van der Waals surface area contributed by atoms with Gasteiger partial charge >= 0.3 is 0 Å². The average Bonchev–Trinajstić information content (AvgIpc) is 3.43. The number of benzene rings is 5. The van der Waals surface area contributed by atoms with E-state index in [1.165, 1.54) is 66.0 Å². The fraction of sp³-hybridized carbons (Fsp3) is 0.0625. The van der Waals surface area contributed by atoms with Crippen molar-refractivity contribution in [3.05, 3.63) is 115 Å². The van der Waals surface area contributed by atoms with E-state index in [1.54, 1.807) is 0 Å². The van der Waals surface area contributed by atoms with Crippen molar-refractivity contribution in [1.29, 1.82) is 0 Å². The molecule has 34 heavy (non-hydrogen) atoms. The molecule has 0 aliphatic heterocycles. The Morgan fingerprint density at radius 3 is 2.03 bits per heavy atom. The first-order chi connectivity index (χ1) is 16.8. The monoisotopic (exact) mass is 436 g/mol. The van der Waals surface area contributed by atoms with Crippen molar-refractivity contribution in [2.24, 2.45) is 0 Å². The van der Waals surface area contributed by atoms with Gasteiger partial charge in [0.1, 0.15) is 0 Å². The first-order valence-corrected chi connectivity index (χ1v) is 11.9. The smallest absolute Gasteiger partial charge is 0.0541 e. The van der Waals surface area contributed by atoms with E-state index in [0.717, 1.165) is 6.42 Å². The molecule has 0 saturated carbocycles. The predicted molar refractivity (Wildman–Crippen MR) is 145 cm³/mol. The Hall–Kier alpha value is -4.30. The predicted octanol–water partition coefficient (Wildman–Crippen LogP) is 8.65. The van der Waals surface area contributed by atoms with Crippen LogP contribution in [0.3, 0.4) is 0 Å². The van der Waals surface area contributed by atoms with Gasteiger partial charge in [0.25, 0.3) is 0 Å². The number of hydrogen-bond acceptors (Lipinski definition) is 0. The maximum absolute atomic E-state index is 3.58. The van der Waals surface area contributed by atoms with Gasteiger partial charge < -0.3 is 9.55 Å². The van der Waals surface area contributed by atoms with Crippen molar-refractivity contribution in [3.63, 3.8) is 0 Å². The number of H-pyrrole nitrogens is 1. The van der Waals surface area contributed by atoms with Gasteiger partial charge in [-0.3, -0.25) is 0 Å². The number of rotatable bonds is 3. The van der Waals surface area contributed by atoms with Crippen molar-refractivity contribution in [1.82, 2.24) is 9.55 Å². The summed E-state index contributed by atoms with van der Waals surface area (Å²) in [4.78, 5) is 3.58. The first kappa shape index (κ1) is 19.2. The number of nitrogens with one attached hydrogen (secondary N) is 1. The van der Waals surface area contributed by atoms with Crippen LogP contribution < -0.4 is 0 Å². The first-order valence-electron chi connectivity index (χ1n) is 11.9. The Balaban J connectivity index is 1.46. The molecule has 0 unspecified atom stereocenters. The molecule has 0 fully saturated rings. The van der Waals surface area contributed by atoms with Crippen LogP contribution >= 0.6 is 0 Å². The maximum Gasteiger partial charge on any atom is 0.0541 e. The van der Waals surface area contributed by atoms with E-state index in [4.69, 9.17) is 0 Å². The molecule has 0 spiro atoms. The van der Waals surface area contributed by atoms with Crippen LogP contribution in [0.25, 0.3) is 60.4 Å². The third-order valence-electron chi connectivity index (χ3n) is 7.09. The van der Waals surface area contributed by atoms with Gasteiger partial charge in [-0.25, -0.2) is 0 Å². The number of aromatic nitrogens is 2. The Morgan fingerprint density at radius 1 is 0.559 bits per heavy atom. The zero-order chi connectivity index (χ0) is 22.6. The average molecular weight is 437 g/mol. The van der Waals surface area contributed by atoms with Gasteiger partial charge in [0.2, 0.25) is 0 Å². The summed E-state index contributed by atoms with van der Waals surface area (Å²) in [5.41, 5.74) is 9.90. The molecule has 0 radical (unpaired) electrons. The normalized spacial score (nSPS) is 11.8. The second kappa shape index (κ2) is 7.36. The van der Waals surface area contributed by atoms with E-state index in [1.807, 2.05) is 0 Å². The Labute approximate surface area is 198 Å². The van der Waals surface area contributed by atoms with E-state index in [0.29, 0.717) is 0 Å². The summed E-state index contributed by atoms with van der Waals surface area (Å²) < 4.78 is 2.36. The zero-order valence-corrected chi connectivity index (χ0v) is 19.0.